The maximum Gasteiger partial charge on any atom is 0.143 e. The van der Waals surface area contributed by atoms with Crippen molar-refractivity contribution in [3.05, 3.63) is 380 Å². The van der Waals surface area contributed by atoms with Crippen LogP contribution in [0.2, 0.25) is 0 Å². The third-order valence-corrected chi connectivity index (χ3v) is 25.6. The van der Waals surface area contributed by atoms with E-state index >= 15 is 0 Å². The largest absolute Gasteiger partial charge is 0.455 e. The highest BCUT2D eigenvalue weighted by atomic mass is 16.3. The second-order valence-corrected chi connectivity index (χ2v) is 35.3. The lowest BCUT2D eigenvalue weighted by Gasteiger charge is -2.30. The number of rotatable bonds is 12. The summed E-state index contributed by atoms with van der Waals surface area (Å²) in [6.45, 7) is 31.1. The number of allylic oxidation sites excluding steroid dienone is 4. The normalized spacial score (nSPS) is 12.5. The summed E-state index contributed by atoms with van der Waals surface area (Å²) >= 11 is 0. The molecule has 6 heteroatoms. The molecule has 0 spiro atoms. The number of hydrogen-bond donors (Lipinski definition) is 0. The number of para-hydroxylation sites is 6. The van der Waals surface area contributed by atoms with E-state index in [-0.39, 0.29) is 10.8 Å². The highest BCUT2D eigenvalue weighted by Gasteiger charge is 2.32. The molecule has 0 atom stereocenters. The van der Waals surface area contributed by atoms with Gasteiger partial charge in [-0.2, -0.15) is 0 Å². The molecule has 0 aliphatic rings. The van der Waals surface area contributed by atoms with Gasteiger partial charge >= 0.3 is 0 Å². The van der Waals surface area contributed by atoms with E-state index in [0.29, 0.717) is 0 Å². The molecular formula is C116H88N2O4. The summed E-state index contributed by atoms with van der Waals surface area (Å²) in [4.78, 5) is 4.76. The van der Waals surface area contributed by atoms with Crippen molar-refractivity contribution < 1.29 is 17.7 Å². The van der Waals surface area contributed by atoms with Gasteiger partial charge in [0.05, 0.1) is 11.4 Å². The van der Waals surface area contributed by atoms with Crippen LogP contribution in [0.4, 0.5) is 34.1 Å². The number of furan rings is 4. The monoisotopic (exact) mass is 1570 g/mol. The second-order valence-electron chi connectivity index (χ2n) is 35.3. The minimum absolute atomic E-state index is 0.0825. The lowest BCUT2D eigenvalue weighted by atomic mass is 9.81. The Labute approximate surface area is 708 Å². The predicted molar refractivity (Wildman–Crippen MR) is 520 cm³/mol. The minimum atomic E-state index is 0.0825. The zero-order valence-corrected chi connectivity index (χ0v) is 70.1. The van der Waals surface area contributed by atoms with Gasteiger partial charge in [-0.05, 0) is 255 Å². The Morgan fingerprint density at radius 2 is 0.631 bits per heavy atom. The molecule has 122 heavy (non-hydrogen) atoms. The average molecular weight is 1570 g/mol. The Morgan fingerprint density at radius 3 is 1.03 bits per heavy atom. The van der Waals surface area contributed by atoms with Crippen molar-refractivity contribution in [1.82, 2.24) is 0 Å². The summed E-state index contributed by atoms with van der Waals surface area (Å²) < 4.78 is 28.1. The van der Waals surface area contributed by atoms with Crippen molar-refractivity contribution in [2.75, 3.05) is 9.80 Å². The smallest absolute Gasteiger partial charge is 0.143 e. The molecule has 0 bridgehead atoms. The van der Waals surface area contributed by atoms with E-state index in [1.165, 1.54) is 55.3 Å². The third kappa shape index (κ3) is 11.7. The fraction of sp³-hybridized carbons (Fsp3) is 0.103. The molecule has 0 aliphatic carbocycles. The molecule has 4 aromatic heterocycles. The third-order valence-electron chi connectivity index (χ3n) is 25.6. The van der Waals surface area contributed by atoms with Crippen molar-refractivity contribution in [1.29, 1.82) is 0 Å². The van der Waals surface area contributed by atoms with Crippen LogP contribution in [0.3, 0.4) is 0 Å². The van der Waals surface area contributed by atoms with Crippen LogP contribution >= 0.6 is 0 Å². The van der Waals surface area contributed by atoms with Crippen molar-refractivity contribution in [3.63, 3.8) is 0 Å². The zero-order valence-electron chi connectivity index (χ0n) is 70.1. The number of aryl methyl sites for hydroxylation is 2. The van der Waals surface area contributed by atoms with E-state index in [9.17, 15) is 0 Å². The average Bonchev–Trinajstić information content (AvgIpc) is 1.40. The van der Waals surface area contributed by atoms with E-state index in [1.54, 1.807) is 0 Å². The molecule has 0 amide bonds. The Balaban J connectivity index is 0.000000147. The minimum Gasteiger partial charge on any atom is -0.455 e. The Hall–Kier alpha value is -14.7. The van der Waals surface area contributed by atoms with Crippen LogP contribution < -0.4 is 9.80 Å². The van der Waals surface area contributed by atoms with Gasteiger partial charge in [-0.25, -0.2) is 0 Å². The topological polar surface area (TPSA) is 59.0 Å². The molecule has 0 saturated heterocycles. The van der Waals surface area contributed by atoms with Gasteiger partial charge in [0.2, 0.25) is 0 Å². The van der Waals surface area contributed by atoms with Gasteiger partial charge in [0.1, 0.15) is 44.7 Å². The first kappa shape index (κ1) is 73.6. The van der Waals surface area contributed by atoms with Crippen LogP contribution in [0.15, 0.2) is 370 Å². The maximum absolute atomic E-state index is 7.16. The molecule has 0 radical (unpaired) electrons. The molecule has 586 valence electrons. The summed E-state index contributed by atoms with van der Waals surface area (Å²) in [5, 5.41) is 22.2. The van der Waals surface area contributed by atoms with E-state index in [2.05, 4.69) is 402 Å². The van der Waals surface area contributed by atoms with Crippen LogP contribution in [-0.4, -0.2) is 0 Å². The number of anilines is 6. The second kappa shape index (κ2) is 28.0. The molecule has 0 fully saturated rings. The van der Waals surface area contributed by atoms with Crippen molar-refractivity contribution in [3.8, 4) is 33.4 Å². The molecular weight excluding hydrogens is 1490 g/mol. The summed E-state index contributed by atoms with van der Waals surface area (Å²) in [5.74, 6) is 0. The number of fused-ring (bicyclic) bond motifs is 16. The first-order chi connectivity index (χ1) is 59.3. The molecule has 4 heterocycles. The molecule has 23 rings (SSSR count). The number of benzene rings is 19. The summed E-state index contributed by atoms with van der Waals surface area (Å²) in [7, 11) is 0. The number of nitrogens with zero attached hydrogens (tertiary/aromatic N) is 2. The highest BCUT2D eigenvalue weighted by molar-refractivity contribution is 6.41. The lowest BCUT2D eigenvalue weighted by molar-refractivity contribution is 0.590. The van der Waals surface area contributed by atoms with Crippen LogP contribution in [-0.2, 0) is 10.8 Å². The summed E-state index contributed by atoms with van der Waals surface area (Å²) in [5.41, 5.74) is 30.0. The predicted octanol–water partition coefficient (Wildman–Crippen LogP) is 34.5. The van der Waals surface area contributed by atoms with Gasteiger partial charge in [0.15, 0.2) is 0 Å². The van der Waals surface area contributed by atoms with E-state index in [0.717, 1.165) is 209 Å². The molecule has 0 aliphatic heterocycles. The summed E-state index contributed by atoms with van der Waals surface area (Å²) in [6.07, 6.45) is 1.95. The van der Waals surface area contributed by atoms with Gasteiger partial charge in [0.25, 0.3) is 0 Å². The quantitative estimate of drug-likeness (QED) is 0.0897. The lowest BCUT2D eigenvalue weighted by Crippen LogP contribution is -2.12. The zero-order chi connectivity index (χ0) is 82.9. The van der Waals surface area contributed by atoms with Crippen LogP contribution in [0, 0.1) is 13.8 Å². The molecule has 6 nitrogen and oxygen atoms in total. The van der Waals surface area contributed by atoms with Crippen LogP contribution in [0.1, 0.15) is 83.2 Å². The van der Waals surface area contributed by atoms with E-state index < -0.39 is 0 Å². The van der Waals surface area contributed by atoms with Gasteiger partial charge in [-0.15, -0.1) is 0 Å². The first-order valence-electron chi connectivity index (χ1n) is 42.3. The van der Waals surface area contributed by atoms with E-state index in [4.69, 9.17) is 17.7 Å². The Morgan fingerprint density at radius 1 is 0.295 bits per heavy atom. The van der Waals surface area contributed by atoms with Gasteiger partial charge < -0.3 is 27.5 Å². The van der Waals surface area contributed by atoms with Crippen molar-refractivity contribution >= 4 is 192 Å². The van der Waals surface area contributed by atoms with Gasteiger partial charge in [-0.1, -0.05) is 254 Å². The standard InChI is InChI=1S/C64H56O2.C52H32N2O2/c1-13-36(4)57(35(2)3)47-33-53-60-50(32-52-46-28-22-42(30-56(46)65-61(52)53)40-19-25-44(26-20-40)64(10,11)12)48(58-37(5)15-14-16-38(58)6)34-54-59(60)49(47)31-51-45-27-21-41(29-55(45)66-62(51)54)39-17-23-43(24-18-39)63(7,8)9;1-5-17-33(18-6-1)53(34-19-7-2-8-20-34)45-31-43-50-42(30-40-38-26-14-16-28-48(38)55-51(40)43)46(54(35-21-9-3-10-22-35)36-23-11-4-12-24-36)32-44-49(50)41(45)29-39-37-25-13-15-27-47(37)56-52(39)44/h13-34H,1-2H2,3-12H3;1-32H/b57-36+;. The molecule has 0 unspecified atom stereocenters. The fourth-order valence-electron chi connectivity index (χ4n) is 19.7. The van der Waals surface area contributed by atoms with Crippen molar-refractivity contribution in [2.45, 2.75) is 80.1 Å². The SMILES string of the molecule is C=C/C(C)=C(\C(=C)C)c1cc2c3oc4cc(-c5ccc(C(C)(C)C)cc5)ccc4c3cc3c(-c4c(C)cccc4C)cc4c5oc6cc(-c7ccc(C(C)(C)C)cc7)ccc6c5cc1c4c32.c1ccc(N(c2ccccc2)c2cc3c4oc5ccccc5c4cc4c(N(c5ccccc5)c5ccccc5)cc5c6oc7ccccc7c6cc2c5c43)cc1. The van der Waals surface area contributed by atoms with Gasteiger partial charge in [0, 0.05) is 120 Å². The fourth-order valence-corrected chi connectivity index (χ4v) is 19.7. The molecule has 23 aromatic rings. The van der Waals surface area contributed by atoms with Crippen LogP contribution in [0.25, 0.3) is 191 Å². The molecule has 19 aromatic carbocycles. The van der Waals surface area contributed by atoms with Gasteiger partial charge in [-0.3, -0.25) is 0 Å². The molecule has 0 saturated carbocycles. The highest BCUT2D eigenvalue weighted by Crippen LogP contribution is 2.57. The van der Waals surface area contributed by atoms with Crippen molar-refractivity contribution in [2.24, 2.45) is 0 Å². The Kier molecular flexibility index (Phi) is 16.9. The van der Waals surface area contributed by atoms with E-state index in [1.807, 2.05) is 18.2 Å². The maximum atomic E-state index is 7.16. The Bertz CT molecular complexity index is 7850. The number of hydrogen-bond acceptors (Lipinski definition) is 6. The molecule has 0 N–H and O–H groups in total. The first-order valence-corrected chi connectivity index (χ1v) is 42.3. The van der Waals surface area contributed by atoms with Crippen LogP contribution in [0.5, 0.6) is 0 Å². The summed E-state index contributed by atoms with van der Waals surface area (Å²) in [6, 6.07) is 116.